The van der Waals surface area contributed by atoms with E-state index in [2.05, 4.69) is 0 Å². The summed E-state index contributed by atoms with van der Waals surface area (Å²) in [6.07, 6.45) is 0. The first-order chi connectivity index (χ1) is 13.2. The molecule has 7 heteroatoms. The number of carbonyl (C=O) groups excluding carboxylic acids is 1. The van der Waals surface area contributed by atoms with Gasteiger partial charge in [0.2, 0.25) is 6.79 Å². The van der Waals surface area contributed by atoms with Crippen molar-refractivity contribution in [1.82, 2.24) is 4.90 Å². The lowest BCUT2D eigenvalue weighted by atomic mass is 10.2. The van der Waals surface area contributed by atoms with Gasteiger partial charge in [0, 0.05) is 30.3 Å². The van der Waals surface area contributed by atoms with Gasteiger partial charge < -0.3 is 19.1 Å². The molecule has 0 spiro atoms. The molecule has 4 rings (SSSR count). The van der Waals surface area contributed by atoms with Gasteiger partial charge in [-0.25, -0.2) is 0 Å². The van der Waals surface area contributed by atoms with E-state index in [0.717, 1.165) is 21.4 Å². The molecule has 1 amide bonds. The average molecular weight is 404 g/mol. The molecule has 0 atom stereocenters. The maximum absolute atomic E-state index is 13.2. The number of amides is 1. The Morgan fingerprint density at radius 1 is 1.22 bits per heavy atom. The van der Waals surface area contributed by atoms with E-state index >= 15 is 0 Å². The standard InChI is InChI=1S/C20H18ClNO4S/c1-24-9-8-22(11-13-6-7-15-16(10-13)26-12-25-15)20(23)19-18(21)14-4-2-3-5-17(14)27-19/h2-7,10H,8-9,11-12H2,1H3. The Hall–Kier alpha value is -2.28. The highest BCUT2D eigenvalue weighted by Gasteiger charge is 2.23. The number of benzene rings is 2. The monoisotopic (exact) mass is 403 g/mol. The molecule has 5 nitrogen and oxygen atoms in total. The largest absolute Gasteiger partial charge is 0.454 e. The van der Waals surface area contributed by atoms with Gasteiger partial charge in [0.15, 0.2) is 11.5 Å². The summed E-state index contributed by atoms with van der Waals surface area (Å²) >= 11 is 7.92. The molecule has 1 aromatic heterocycles. The zero-order chi connectivity index (χ0) is 18.8. The zero-order valence-corrected chi connectivity index (χ0v) is 16.3. The number of hydrogen-bond donors (Lipinski definition) is 0. The van der Waals surface area contributed by atoms with Crippen LogP contribution in [0.5, 0.6) is 11.5 Å². The summed E-state index contributed by atoms with van der Waals surface area (Å²) < 4.78 is 17.0. The Labute approximate surface area is 166 Å². The first-order valence-electron chi connectivity index (χ1n) is 8.51. The highest BCUT2D eigenvalue weighted by molar-refractivity contribution is 7.21. The quantitative estimate of drug-likeness (QED) is 0.604. The summed E-state index contributed by atoms with van der Waals surface area (Å²) in [6, 6.07) is 13.5. The van der Waals surface area contributed by atoms with Gasteiger partial charge in [0.25, 0.3) is 5.91 Å². The molecule has 0 radical (unpaired) electrons. The highest BCUT2D eigenvalue weighted by Crippen LogP contribution is 2.37. The second kappa shape index (κ2) is 7.76. The summed E-state index contributed by atoms with van der Waals surface area (Å²) in [6.45, 7) is 1.57. The average Bonchev–Trinajstić information content (AvgIpc) is 3.29. The molecule has 140 valence electrons. The first-order valence-corrected chi connectivity index (χ1v) is 9.70. The topological polar surface area (TPSA) is 48.0 Å². The molecular formula is C20H18ClNO4S. The Bertz CT molecular complexity index is 987. The number of hydrogen-bond acceptors (Lipinski definition) is 5. The summed E-state index contributed by atoms with van der Waals surface area (Å²) in [4.78, 5) is 15.5. The van der Waals surface area contributed by atoms with Crippen LogP contribution in [0.2, 0.25) is 5.02 Å². The Kier molecular flexibility index (Phi) is 5.20. The molecule has 2 heterocycles. The number of methoxy groups -OCH3 is 1. The lowest BCUT2D eigenvalue weighted by molar-refractivity contribution is 0.0685. The van der Waals surface area contributed by atoms with E-state index in [0.29, 0.717) is 35.3 Å². The second-order valence-corrected chi connectivity index (χ2v) is 7.58. The molecule has 0 unspecified atom stereocenters. The van der Waals surface area contributed by atoms with E-state index in [1.807, 2.05) is 42.5 Å². The lowest BCUT2D eigenvalue weighted by Gasteiger charge is -2.22. The fraction of sp³-hybridized carbons (Fsp3) is 0.250. The summed E-state index contributed by atoms with van der Waals surface area (Å²) in [5.41, 5.74) is 0.959. The molecule has 3 aromatic rings. The van der Waals surface area contributed by atoms with Gasteiger partial charge in [-0.2, -0.15) is 0 Å². The molecule has 0 saturated heterocycles. The minimum atomic E-state index is -0.101. The van der Waals surface area contributed by atoms with Crippen molar-refractivity contribution >= 4 is 38.9 Å². The van der Waals surface area contributed by atoms with Crippen LogP contribution in [0.25, 0.3) is 10.1 Å². The summed E-state index contributed by atoms with van der Waals surface area (Å²) in [5.74, 6) is 1.32. The molecule has 1 aliphatic rings. The van der Waals surface area contributed by atoms with E-state index in [-0.39, 0.29) is 12.7 Å². The minimum Gasteiger partial charge on any atom is -0.454 e. The fourth-order valence-electron chi connectivity index (χ4n) is 3.01. The van der Waals surface area contributed by atoms with E-state index < -0.39 is 0 Å². The minimum absolute atomic E-state index is 0.101. The van der Waals surface area contributed by atoms with Gasteiger partial charge in [-0.1, -0.05) is 35.9 Å². The normalized spacial score (nSPS) is 12.5. The van der Waals surface area contributed by atoms with Crippen molar-refractivity contribution in [2.75, 3.05) is 27.1 Å². The fourth-order valence-corrected chi connectivity index (χ4v) is 4.49. The molecule has 1 aliphatic heterocycles. The second-order valence-electron chi connectivity index (χ2n) is 6.15. The maximum Gasteiger partial charge on any atom is 0.265 e. The first kappa shape index (κ1) is 18.1. The zero-order valence-electron chi connectivity index (χ0n) is 14.7. The van der Waals surface area contributed by atoms with Crippen LogP contribution in [0, 0.1) is 0 Å². The van der Waals surface area contributed by atoms with Gasteiger partial charge in [0.05, 0.1) is 11.6 Å². The van der Waals surface area contributed by atoms with Crippen LogP contribution >= 0.6 is 22.9 Å². The molecule has 0 fully saturated rings. The Morgan fingerprint density at radius 2 is 2.04 bits per heavy atom. The van der Waals surface area contributed by atoms with Crippen LogP contribution in [0.3, 0.4) is 0 Å². The van der Waals surface area contributed by atoms with Crippen molar-refractivity contribution < 1.29 is 19.0 Å². The Balaban J connectivity index is 1.62. The number of ether oxygens (including phenoxy) is 3. The number of halogens is 1. The Morgan fingerprint density at radius 3 is 2.85 bits per heavy atom. The number of carbonyl (C=O) groups is 1. The third-order valence-electron chi connectivity index (χ3n) is 4.39. The summed E-state index contributed by atoms with van der Waals surface area (Å²) in [5, 5.41) is 1.41. The van der Waals surface area contributed by atoms with Gasteiger partial charge >= 0.3 is 0 Å². The summed E-state index contributed by atoms with van der Waals surface area (Å²) in [7, 11) is 1.62. The molecule has 0 aliphatic carbocycles. The number of rotatable bonds is 6. The SMILES string of the molecule is COCCN(Cc1ccc2c(c1)OCO2)C(=O)c1sc2ccccc2c1Cl. The van der Waals surface area contributed by atoms with Gasteiger partial charge in [-0.3, -0.25) is 4.79 Å². The van der Waals surface area contributed by atoms with Crippen LogP contribution in [0.4, 0.5) is 0 Å². The van der Waals surface area contributed by atoms with Gasteiger partial charge in [0.1, 0.15) is 4.88 Å². The van der Waals surface area contributed by atoms with Crippen molar-refractivity contribution in [2.24, 2.45) is 0 Å². The molecule has 2 aromatic carbocycles. The van der Waals surface area contributed by atoms with Crippen molar-refractivity contribution in [3.63, 3.8) is 0 Å². The van der Waals surface area contributed by atoms with Crippen molar-refractivity contribution in [3.8, 4) is 11.5 Å². The van der Waals surface area contributed by atoms with Crippen LogP contribution < -0.4 is 9.47 Å². The maximum atomic E-state index is 13.2. The predicted molar refractivity (Wildman–Crippen MR) is 106 cm³/mol. The van der Waals surface area contributed by atoms with Crippen LogP contribution in [0.1, 0.15) is 15.2 Å². The molecule has 0 bridgehead atoms. The third-order valence-corrected chi connectivity index (χ3v) is 6.06. The van der Waals surface area contributed by atoms with E-state index in [1.165, 1.54) is 11.3 Å². The van der Waals surface area contributed by atoms with Crippen LogP contribution in [-0.4, -0.2) is 37.9 Å². The van der Waals surface area contributed by atoms with Crippen molar-refractivity contribution in [1.29, 1.82) is 0 Å². The van der Waals surface area contributed by atoms with E-state index in [9.17, 15) is 4.79 Å². The molecular weight excluding hydrogens is 386 g/mol. The molecule has 0 N–H and O–H groups in total. The van der Waals surface area contributed by atoms with Crippen molar-refractivity contribution in [3.05, 3.63) is 57.9 Å². The van der Waals surface area contributed by atoms with Gasteiger partial charge in [-0.05, 0) is 23.8 Å². The van der Waals surface area contributed by atoms with E-state index in [1.54, 1.807) is 12.0 Å². The third kappa shape index (κ3) is 3.60. The molecule has 27 heavy (non-hydrogen) atoms. The number of thiophene rings is 1. The number of fused-ring (bicyclic) bond motifs is 2. The van der Waals surface area contributed by atoms with Crippen LogP contribution in [-0.2, 0) is 11.3 Å². The molecule has 0 saturated carbocycles. The van der Waals surface area contributed by atoms with E-state index in [4.69, 9.17) is 25.8 Å². The lowest BCUT2D eigenvalue weighted by Crippen LogP contribution is -2.33. The van der Waals surface area contributed by atoms with Crippen molar-refractivity contribution in [2.45, 2.75) is 6.54 Å². The number of nitrogens with zero attached hydrogens (tertiary/aromatic N) is 1. The van der Waals surface area contributed by atoms with Gasteiger partial charge in [-0.15, -0.1) is 11.3 Å². The highest BCUT2D eigenvalue weighted by atomic mass is 35.5. The van der Waals surface area contributed by atoms with Crippen LogP contribution in [0.15, 0.2) is 42.5 Å². The smallest absolute Gasteiger partial charge is 0.265 e. The predicted octanol–water partition coefficient (Wildman–Crippen LogP) is 4.57.